The van der Waals surface area contributed by atoms with Crippen molar-refractivity contribution < 1.29 is 19.1 Å². The lowest BCUT2D eigenvalue weighted by Gasteiger charge is -2.18. The smallest absolute Gasteiger partial charge is 0.306 e. The van der Waals surface area contributed by atoms with Crippen LogP contribution in [0.15, 0.2) is 20.5 Å². The van der Waals surface area contributed by atoms with Crippen LogP contribution in [-0.2, 0) is 19.1 Å². The van der Waals surface area contributed by atoms with Crippen molar-refractivity contribution in [3.63, 3.8) is 0 Å². The molecule has 0 rings (SSSR count). The summed E-state index contributed by atoms with van der Waals surface area (Å²) in [6.07, 6.45) is 0.302. The lowest BCUT2D eigenvalue weighted by molar-refractivity contribution is -0.152. The predicted octanol–water partition coefficient (Wildman–Crippen LogP) is 4.70. The second-order valence-electron chi connectivity index (χ2n) is 9.95. The molecular weight excluding hydrogens is 412 g/mol. The molecule has 2 unspecified atom stereocenters. The molecule has 0 fully saturated rings. The molecule has 0 N–H and O–H groups in total. The van der Waals surface area contributed by atoms with E-state index < -0.39 is 34.1 Å². The van der Waals surface area contributed by atoms with Crippen molar-refractivity contribution >= 4 is 11.9 Å². The molecule has 0 aliphatic carbocycles. The molecule has 0 saturated carbocycles. The van der Waals surface area contributed by atoms with Crippen molar-refractivity contribution in [2.24, 2.45) is 20.5 Å². The first-order chi connectivity index (χ1) is 14.5. The molecule has 0 aromatic carbocycles. The van der Waals surface area contributed by atoms with Gasteiger partial charge in [0.05, 0.1) is 23.2 Å². The van der Waals surface area contributed by atoms with E-state index in [0.29, 0.717) is 0 Å². The van der Waals surface area contributed by atoms with E-state index in [1.54, 1.807) is 13.8 Å². The van der Waals surface area contributed by atoms with Crippen LogP contribution in [0.4, 0.5) is 0 Å². The van der Waals surface area contributed by atoms with Gasteiger partial charge in [0.2, 0.25) is 0 Å². The highest BCUT2D eigenvalue weighted by atomic mass is 16.6. The van der Waals surface area contributed by atoms with E-state index in [1.165, 1.54) is 0 Å². The average Bonchev–Trinajstić information content (AvgIpc) is 2.70. The molecule has 10 nitrogen and oxygen atoms in total. The lowest BCUT2D eigenvalue weighted by atomic mass is 9.99. The molecule has 0 aliphatic rings. The van der Waals surface area contributed by atoms with Gasteiger partial charge in [-0.25, -0.2) is 0 Å². The van der Waals surface area contributed by atoms with E-state index in [-0.39, 0.29) is 38.9 Å². The molecule has 0 bridgehead atoms. The zero-order chi connectivity index (χ0) is 25.1. The number of hydrogen-bond donors (Lipinski definition) is 0. The minimum Gasteiger partial charge on any atom is -0.462 e. The van der Waals surface area contributed by atoms with Crippen LogP contribution in [-0.4, -0.2) is 47.3 Å². The minimum atomic E-state index is -1.11. The number of hydrogen-bond acceptors (Lipinski definition) is 10. The van der Waals surface area contributed by atoms with Gasteiger partial charge >= 0.3 is 11.9 Å². The van der Waals surface area contributed by atoms with Crippen molar-refractivity contribution in [3.8, 4) is 12.1 Å². The summed E-state index contributed by atoms with van der Waals surface area (Å²) >= 11 is 0. The molecule has 10 heteroatoms. The van der Waals surface area contributed by atoms with Gasteiger partial charge in [0, 0.05) is 12.8 Å². The quantitative estimate of drug-likeness (QED) is 0.254. The number of nitriles is 2. The van der Waals surface area contributed by atoms with Crippen LogP contribution in [0.2, 0.25) is 0 Å². The molecule has 2 atom stereocenters. The van der Waals surface area contributed by atoms with Crippen LogP contribution in [0.25, 0.3) is 0 Å². The van der Waals surface area contributed by atoms with E-state index in [9.17, 15) is 20.1 Å². The van der Waals surface area contributed by atoms with Gasteiger partial charge in [-0.1, -0.05) is 0 Å². The summed E-state index contributed by atoms with van der Waals surface area (Å²) in [6, 6.07) is 4.12. The summed E-state index contributed by atoms with van der Waals surface area (Å²) in [4.78, 5) is 23.8. The van der Waals surface area contributed by atoms with Crippen LogP contribution < -0.4 is 0 Å². The van der Waals surface area contributed by atoms with Gasteiger partial charge < -0.3 is 9.47 Å². The third-order valence-corrected chi connectivity index (χ3v) is 3.86. The number of nitrogens with zero attached hydrogens (tertiary/aromatic N) is 6. The van der Waals surface area contributed by atoms with E-state index in [2.05, 4.69) is 32.6 Å². The van der Waals surface area contributed by atoms with Crippen molar-refractivity contribution in [1.29, 1.82) is 10.5 Å². The Hall–Kier alpha value is -2.88. The Kier molecular flexibility index (Phi) is 11.1. The van der Waals surface area contributed by atoms with Gasteiger partial charge in [-0.15, -0.1) is 0 Å². The van der Waals surface area contributed by atoms with Crippen LogP contribution in [0.3, 0.4) is 0 Å². The Morgan fingerprint density at radius 3 is 1.22 bits per heavy atom. The molecule has 0 amide bonds. The fraction of sp³-hybridized carbons (Fsp3) is 0.818. The molecule has 178 valence electrons. The molecule has 0 aromatic heterocycles. The Morgan fingerprint density at radius 2 is 0.969 bits per heavy atom. The number of esters is 2. The highest BCUT2D eigenvalue weighted by Crippen LogP contribution is 2.21. The summed E-state index contributed by atoms with van der Waals surface area (Å²) in [5, 5.41) is 35.0. The maximum absolute atomic E-state index is 11.9. The topological polar surface area (TPSA) is 150 Å². The van der Waals surface area contributed by atoms with Crippen molar-refractivity contribution in [1.82, 2.24) is 0 Å². The number of ether oxygens (including phenoxy) is 2. The summed E-state index contributed by atoms with van der Waals surface area (Å²) in [7, 11) is 0. The van der Waals surface area contributed by atoms with Gasteiger partial charge in [0.15, 0.2) is 11.1 Å². The monoisotopic (exact) mass is 448 g/mol. The van der Waals surface area contributed by atoms with E-state index in [4.69, 9.17) is 9.47 Å². The summed E-state index contributed by atoms with van der Waals surface area (Å²) in [5.41, 5.74) is -3.06. The van der Waals surface area contributed by atoms with Crippen LogP contribution >= 0.6 is 0 Å². The van der Waals surface area contributed by atoms with Crippen molar-refractivity contribution in [2.45, 2.75) is 103 Å². The zero-order valence-corrected chi connectivity index (χ0v) is 20.6. The largest absolute Gasteiger partial charge is 0.462 e. The Morgan fingerprint density at radius 1 is 0.656 bits per heavy atom. The molecule has 0 radical (unpaired) electrons. The fourth-order valence-corrected chi connectivity index (χ4v) is 1.92. The zero-order valence-electron chi connectivity index (χ0n) is 20.6. The number of carbonyl (C=O) groups is 2. The maximum atomic E-state index is 11.9. The highest BCUT2D eigenvalue weighted by molar-refractivity contribution is 5.70. The first-order valence-corrected chi connectivity index (χ1v) is 10.5. The molecule has 0 heterocycles. The Labute approximate surface area is 191 Å². The fourth-order valence-electron chi connectivity index (χ4n) is 1.92. The third-order valence-electron chi connectivity index (χ3n) is 3.86. The van der Waals surface area contributed by atoms with Gasteiger partial charge in [-0.05, 0) is 68.2 Å². The summed E-state index contributed by atoms with van der Waals surface area (Å²) in [6.45, 7) is 14.2. The summed E-state index contributed by atoms with van der Waals surface area (Å²) in [5.74, 6) is -1.04. The normalized spacial score (nSPS) is 16.1. The van der Waals surface area contributed by atoms with E-state index in [1.807, 2.05) is 41.5 Å². The molecular formula is C22H36N6O4. The number of carbonyl (C=O) groups excluding carboxylic acids is 2. The number of azo groups is 2. The van der Waals surface area contributed by atoms with Crippen LogP contribution in [0, 0.1) is 22.7 Å². The van der Waals surface area contributed by atoms with Gasteiger partial charge in [-0.3, -0.25) is 9.59 Å². The van der Waals surface area contributed by atoms with Gasteiger partial charge in [0.1, 0.15) is 13.2 Å². The summed E-state index contributed by atoms with van der Waals surface area (Å²) < 4.78 is 10.1. The molecule has 0 spiro atoms. The third kappa shape index (κ3) is 14.2. The van der Waals surface area contributed by atoms with Crippen LogP contribution in [0.5, 0.6) is 0 Å². The van der Waals surface area contributed by atoms with E-state index >= 15 is 0 Å². The van der Waals surface area contributed by atoms with E-state index in [0.717, 1.165) is 0 Å². The van der Waals surface area contributed by atoms with Gasteiger partial charge in [0.25, 0.3) is 0 Å². The Balaban J connectivity index is 4.34. The molecule has 0 saturated heterocycles. The first-order valence-electron chi connectivity index (χ1n) is 10.5. The second-order valence-corrected chi connectivity index (χ2v) is 9.95. The standard InChI is InChI=1S/C22H36N6O4/c1-19(2,3)25-27-21(7,15-23)11-9-17(29)31-13-14-32-18(30)10-12-22(8,16-24)28-26-20(4,5)6/h9-14H2,1-8H3. The van der Waals surface area contributed by atoms with Crippen LogP contribution in [0.1, 0.15) is 81.1 Å². The van der Waals surface area contributed by atoms with Gasteiger partial charge in [-0.2, -0.15) is 31.0 Å². The lowest BCUT2D eigenvalue weighted by Crippen LogP contribution is -2.24. The number of rotatable bonds is 11. The molecule has 32 heavy (non-hydrogen) atoms. The van der Waals surface area contributed by atoms with Crippen molar-refractivity contribution in [3.05, 3.63) is 0 Å². The SMILES string of the molecule is CC(C)(C)N=NC(C)(C#N)CCC(=O)OCCOC(=O)CCC(C)(C#N)N=NC(C)(C)C. The average molecular weight is 449 g/mol. The Bertz CT molecular complexity index is 716. The minimum absolute atomic E-state index is 0.0134. The maximum Gasteiger partial charge on any atom is 0.306 e. The predicted molar refractivity (Wildman–Crippen MR) is 118 cm³/mol. The van der Waals surface area contributed by atoms with Crippen molar-refractivity contribution in [2.75, 3.05) is 13.2 Å². The first kappa shape index (κ1) is 29.1. The highest BCUT2D eigenvalue weighted by Gasteiger charge is 2.27. The second kappa shape index (κ2) is 12.2. The molecule has 0 aliphatic heterocycles. The molecule has 0 aromatic rings.